The summed E-state index contributed by atoms with van der Waals surface area (Å²) in [6.07, 6.45) is 4.72. The predicted molar refractivity (Wildman–Crippen MR) is 89.9 cm³/mol. The van der Waals surface area contributed by atoms with Gasteiger partial charge in [-0.2, -0.15) is 0 Å². The standard InChI is InChI=1S/C17H24N2O2.ClH/c20-17(19-10-1-2-11-19)15-5-7-16(8-6-15)21-13-14-4-3-9-18-12-14;/h5-8,14,18H,1-4,9-13H2;1H. The zero-order valence-electron chi connectivity index (χ0n) is 12.9. The molecule has 2 saturated heterocycles. The molecule has 0 radical (unpaired) electrons. The summed E-state index contributed by atoms with van der Waals surface area (Å²) < 4.78 is 5.84. The van der Waals surface area contributed by atoms with E-state index in [2.05, 4.69) is 5.32 Å². The highest BCUT2D eigenvalue weighted by atomic mass is 35.5. The average Bonchev–Trinajstić information content (AvgIpc) is 3.08. The number of benzene rings is 1. The van der Waals surface area contributed by atoms with E-state index >= 15 is 0 Å². The van der Waals surface area contributed by atoms with Crippen LogP contribution < -0.4 is 10.1 Å². The van der Waals surface area contributed by atoms with Crippen molar-refractivity contribution in [2.45, 2.75) is 25.7 Å². The summed E-state index contributed by atoms with van der Waals surface area (Å²) >= 11 is 0. The van der Waals surface area contributed by atoms with Gasteiger partial charge in [-0.1, -0.05) is 0 Å². The van der Waals surface area contributed by atoms with Crippen molar-refractivity contribution in [3.05, 3.63) is 29.8 Å². The van der Waals surface area contributed by atoms with Crippen LogP contribution in [0.3, 0.4) is 0 Å². The number of hydrogen-bond acceptors (Lipinski definition) is 3. The Labute approximate surface area is 138 Å². The van der Waals surface area contributed by atoms with Crippen molar-refractivity contribution >= 4 is 18.3 Å². The van der Waals surface area contributed by atoms with Crippen molar-refractivity contribution in [3.63, 3.8) is 0 Å². The van der Waals surface area contributed by atoms with Crippen LogP contribution in [0.2, 0.25) is 0 Å². The molecule has 122 valence electrons. The van der Waals surface area contributed by atoms with Gasteiger partial charge in [0.25, 0.3) is 5.91 Å². The Morgan fingerprint density at radius 1 is 1.18 bits per heavy atom. The monoisotopic (exact) mass is 324 g/mol. The second-order valence-corrected chi connectivity index (χ2v) is 6.05. The normalized spacial score (nSPS) is 21.3. The highest BCUT2D eigenvalue weighted by Gasteiger charge is 2.19. The van der Waals surface area contributed by atoms with E-state index in [1.807, 2.05) is 29.2 Å². The Hall–Kier alpha value is -1.26. The molecule has 5 heteroatoms. The Kier molecular flexibility index (Phi) is 6.52. The predicted octanol–water partition coefficient (Wildman–Crippen LogP) is 2.72. The highest BCUT2D eigenvalue weighted by Crippen LogP contribution is 2.18. The number of hydrogen-bond donors (Lipinski definition) is 1. The molecule has 1 aromatic rings. The summed E-state index contributed by atoms with van der Waals surface area (Å²) in [6, 6.07) is 7.60. The van der Waals surface area contributed by atoms with Crippen LogP contribution in [-0.4, -0.2) is 43.6 Å². The maximum atomic E-state index is 12.2. The van der Waals surface area contributed by atoms with E-state index < -0.39 is 0 Å². The Morgan fingerprint density at radius 2 is 1.91 bits per heavy atom. The van der Waals surface area contributed by atoms with Gasteiger partial charge in [0.15, 0.2) is 0 Å². The smallest absolute Gasteiger partial charge is 0.253 e. The fourth-order valence-electron chi connectivity index (χ4n) is 3.08. The number of halogens is 1. The lowest BCUT2D eigenvalue weighted by atomic mass is 10.0. The lowest BCUT2D eigenvalue weighted by Crippen LogP contribution is -2.33. The van der Waals surface area contributed by atoms with Crippen LogP contribution in [0.5, 0.6) is 5.75 Å². The molecule has 1 unspecified atom stereocenters. The van der Waals surface area contributed by atoms with Gasteiger partial charge in [0.1, 0.15) is 5.75 Å². The van der Waals surface area contributed by atoms with Gasteiger partial charge in [-0.25, -0.2) is 0 Å². The minimum Gasteiger partial charge on any atom is -0.493 e. The van der Waals surface area contributed by atoms with Crippen LogP contribution in [-0.2, 0) is 0 Å². The molecule has 3 rings (SSSR count). The van der Waals surface area contributed by atoms with Crippen LogP contribution in [0.4, 0.5) is 0 Å². The van der Waals surface area contributed by atoms with E-state index in [1.165, 1.54) is 12.8 Å². The molecule has 2 aliphatic heterocycles. The van der Waals surface area contributed by atoms with Gasteiger partial charge in [0.2, 0.25) is 0 Å². The molecule has 0 aliphatic carbocycles. The van der Waals surface area contributed by atoms with Gasteiger partial charge in [-0.3, -0.25) is 4.79 Å². The maximum Gasteiger partial charge on any atom is 0.253 e. The third kappa shape index (κ3) is 4.37. The summed E-state index contributed by atoms with van der Waals surface area (Å²) in [5.41, 5.74) is 0.767. The topological polar surface area (TPSA) is 41.6 Å². The molecule has 0 aromatic heterocycles. The van der Waals surface area contributed by atoms with E-state index in [0.29, 0.717) is 5.92 Å². The van der Waals surface area contributed by atoms with Gasteiger partial charge in [-0.05, 0) is 56.5 Å². The summed E-state index contributed by atoms with van der Waals surface area (Å²) in [5.74, 6) is 1.61. The number of carbonyl (C=O) groups is 1. The van der Waals surface area contributed by atoms with E-state index in [4.69, 9.17) is 4.74 Å². The second-order valence-electron chi connectivity index (χ2n) is 6.05. The molecule has 0 saturated carbocycles. The van der Waals surface area contributed by atoms with Crippen molar-refractivity contribution in [2.75, 3.05) is 32.8 Å². The Balaban J connectivity index is 0.00000176. The van der Waals surface area contributed by atoms with Crippen LogP contribution in [0.15, 0.2) is 24.3 Å². The number of ether oxygens (including phenoxy) is 1. The first-order valence-electron chi connectivity index (χ1n) is 8.06. The average molecular weight is 325 g/mol. The van der Waals surface area contributed by atoms with Crippen LogP contribution in [0.25, 0.3) is 0 Å². The number of likely N-dealkylation sites (tertiary alicyclic amines) is 1. The number of nitrogens with one attached hydrogen (secondary N) is 1. The molecule has 4 nitrogen and oxygen atoms in total. The molecule has 2 heterocycles. The molecule has 0 bridgehead atoms. The number of nitrogens with zero attached hydrogens (tertiary/aromatic N) is 1. The van der Waals surface area contributed by atoms with Gasteiger partial charge in [-0.15, -0.1) is 12.4 Å². The van der Waals surface area contributed by atoms with Gasteiger partial charge >= 0.3 is 0 Å². The minimum absolute atomic E-state index is 0. The lowest BCUT2D eigenvalue weighted by molar-refractivity contribution is 0.0793. The van der Waals surface area contributed by atoms with Crippen molar-refractivity contribution in [2.24, 2.45) is 5.92 Å². The third-order valence-corrected chi connectivity index (χ3v) is 4.38. The van der Waals surface area contributed by atoms with Crippen LogP contribution >= 0.6 is 12.4 Å². The third-order valence-electron chi connectivity index (χ3n) is 4.38. The first-order chi connectivity index (χ1) is 10.3. The number of carbonyl (C=O) groups excluding carboxylic acids is 1. The first-order valence-corrected chi connectivity index (χ1v) is 8.06. The number of piperidine rings is 1. The number of rotatable bonds is 4. The van der Waals surface area contributed by atoms with Gasteiger partial charge < -0.3 is 15.0 Å². The fraction of sp³-hybridized carbons (Fsp3) is 0.588. The van der Waals surface area contributed by atoms with E-state index in [9.17, 15) is 4.79 Å². The Morgan fingerprint density at radius 3 is 2.55 bits per heavy atom. The van der Waals surface area contributed by atoms with E-state index in [0.717, 1.165) is 56.9 Å². The maximum absolute atomic E-state index is 12.2. The number of amides is 1. The second kappa shape index (κ2) is 8.39. The summed E-state index contributed by atoms with van der Waals surface area (Å²) in [6.45, 7) is 4.72. The molecular weight excluding hydrogens is 300 g/mol. The minimum atomic E-state index is 0. The van der Waals surface area contributed by atoms with E-state index in [1.54, 1.807) is 0 Å². The van der Waals surface area contributed by atoms with Crippen molar-refractivity contribution in [1.82, 2.24) is 10.2 Å². The SMILES string of the molecule is Cl.O=C(c1ccc(OCC2CCCNC2)cc1)N1CCCC1. The zero-order valence-corrected chi connectivity index (χ0v) is 13.7. The molecule has 1 amide bonds. The highest BCUT2D eigenvalue weighted by molar-refractivity contribution is 5.94. The molecule has 1 atom stereocenters. The molecular formula is C17H25ClN2O2. The molecule has 22 heavy (non-hydrogen) atoms. The van der Waals surface area contributed by atoms with Crippen LogP contribution in [0.1, 0.15) is 36.0 Å². The van der Waals surface area contributed by atoms with Gasteiger partial charge in [0.05, 0.1) is 6.61 Å². The quantitative estimate of drug-likeness (QED) is 0.926. The van der Waals surface area contributed by atoms with Crippen LogP contribution in [0, 0.1) is 5.92 Å². The fourth-order valence-corrected chi connectivity index (χ4v) is 3.08. The summed E-state index contributed by atoms with van der Waals surface area (Å²) in [5, 5.41) is 3.40. The van der Waals surface area contributed by atoms with Gasteiger partial charge in [0, 0.05) is 31.1 Å². The van der Waals surface area contributed by atoms with Crippen molar-refractivity contribution < 1.29 is 9.53 Å². The first kappa shape index (κ1) is 17.1. The van der Waals surface area contributed by atoms with Crippen molar-refractivity contribution in [1.29, 1.82) is 0 Å². The zero-order chi connectivity index (χ0) is 14.5. The Bertz CT molecular complexity index is 466. The molecule has 0 spiro atoms. The lowest BCUT2D eigenvalue weighted by Gasteiger charge is -2.22. The van der Waals surface area contributed by atoms with E-state index in [-0.39, 0.29) is 18.3 Å². The summed E-state index contributed by atoms with van der Waals surface area (Å²) in [4.78, 5) is 14.2. The largest absolute Gasteiger partial charge is 0.493 e. The van der Waals surface area contributed by atoms with Crippen molar-refractivity contribution in [3.8, 4) is 5.75 Å². The summed E-state index contributed by atoms with van der Waals surface area (Å²) in [7, 11) is 0. The molecule has 1 N–H and O–H groups in total. The molecule has 2 aliphatic rings. The molecule has 1 aromatic carbocycles. The molecule has 2 fully saturated rings.